The molecule has 0 radical (unpaired) electrons. The smallest absolute Gasteiger partial charge is 0.254 e. The monoisotopic (exact) mass is 294 g/mol. The maximum absolute atomic E-state index is 12.6. The van der Waals surface area contributed by atoms with Gasteiger partial charge >= 0.3 is 0 Å². The van der Waals surface area contributed by atoms with E-state index in [1.165, 1.54) is 0 Å². The Morgan fingerprint density at radius 2 is 2.05 bits per heavy atom. The first-order chi connectivity index (χ1) is 9.70. The zero-order valence-electron chi connectivity index (χ0n) is 13.5. The molecule has 0 aliphatic heterocycles. The largest absolute Gasteiger partial charge is 0.395 e. The van der Waals surface area contributed by atoms with E-state index in [0.717, 1.165) is 5.69 Å². The number of pyridine rings is 1. The van der Waals surface area contributed by atoms with E-state index in [2.05, 4.69) is 10.4 Å². The second-order valence-corrected chi connectivity index (χ2v) is 6.34. The number of nitrogen functional groups attached to an aromatic ring is 1. The molecule has 0 unspecified atom stereocenters. The summed E-state index contributed by atoms with van der Waals surface area (Å²) in [5.74, 6) is 5.77. The summed E-state index contributed by atoms with van der Waals surface area (Å²) in [5.41, 5.74) is 3.62. The van der Waals surface area contributed by atoms with Crippen LogP contribution in [0.4, 0.5) is 5.82 Å². The SMILES string of the molecule is CC(C)N(CCO)C(=O)c1cc(NN)nc(C(C)(C)C)c1. The number of hydrogen-bond acceptors (Lipinski definition) is 5. The molecule has 0 atom stereocenters. The van der Waals surface area contributed by atoms with Crippen LogP contribution >= 0.6 is 0 Å². The zero-order valence-corrected chi connectivity index (χ0v) is 13.5. The lowest BCUT2D eigenvalue weighted by Gasteiger charge is -2.27. The van der Waals surface area contributed by atoms with Gasteiger partial charge in [0.15, 0.2) is 0 Å². The van der Waals surface area contributed by atoms with Crippen LogP contribution in [0.3, 0.4) is 0 Å². The minimum atomic E-state index is -0.193. The van der Waals surface area contributed by atoms with E-state index in [9.17, 15) is 4.79 Å². The molecule has 0 aliphatic rings. The number of amides is 1. The van der Waals surface area contributed by atoms with Gasteiger partial charge in [-0.05, 0) is 26.0 Å². The third kappa shape index (κ3) is 4.41. The van der Waals surface area contributed by atoms with Crippen LogP contribution in [0.5, 0.6) is 0 Å². The van der Waals surface area contributed by atoms with Gasteiger partial charge in [-0.15, -0.1) is 0 Å². The maximum atomic E-state index is 12.6. The Morgan fingerprint density at radius 3 is 2.48 bits per heavy atom. The van der Waals surface area contributed by atoms with Crippen LogP contribution in [0, 0.1) is 0 Å². The first-order valence-electron chi connectivity index (χ1n) is 7.11. The number of aromatic nitrogens is 1. The van der Waals surface area contributed by atoms with Crippen molar-refractivity contribution in [2.24, 2.45) is 5.84 Å². The molecule has 21 heavy (non-hydrogen) atoms. The molecule has 1 rings (SSSR count). The highest BCUT2D eigenvalue weighted by Crippen LogP contribution is 2.24. The second kappa shape index (κ2) is 6.87. The summed E-state index contributed by atoms with van der Waals surface area (Å²) in [4.78, 5) is 18.7. The Morgan fingerprint density at radius 1 is 1.43 bits per heavy atom. The molecule has 118 valence electrons. The number of aliphatic hydroxyl groups is 1. The molecule has 1 amide bonds. The minimum Gasteiger partial charge on any atom is -0.395 e. The van der Waals surface area contributed by atoms with Crippen molar-refractivity contribution >= 4 is 11.7 Å². The Kier molecular flexibility index (Phi) is 5.69. The molecule has 6 heteroatoms. The summed E-state index contributed by atoms with van der Waals surface area (Å²) < 4.78 is 0. The van der Waals surface area contributed by atoms with E-state index in [-0.39, 0.29) is 24.0 Å². The molecule has 4 N–H and O–H groups in total. The molecule has 0 fully saturated rings. The molecule has 0 saturated carbocycles. The van der Waals surface area contributed by atoms with Crippen LogP contribution in [0.15, 0.2) is 12.1 Å². The normalized spacial score (nSPS) is 11.6. The Balaban J connectivity index is 3.25. The number of aliphatic hydroxyl groups excluding tert-OH is 1. The summed E-state index contributed by atoms with van der Waals surface area (Å²) in [6.45, 7) is 10.1. The molecule has 1 aromatic rings. The fraction of sp³-hybridized carbons (Fsp3) is 0.600. The summed E-state index contributed by atoms with van der Waals surface area (Å²) in [6.07, 6.45) is 0. The predicted molar refractivity (Wildman–Crippen MR) is 84.0 cm³/mol. The Labute approximate surface area is 126 Å². The van der Waals surface area contributed by atoms with Crippen molar-refractivity contribution in [2.45, 2.75) is 46.1 Å². The summed E-state index contributed by atoms with van der Waals surface area (Å²) in [7, 11) is 0. The highest BCUT2D eigenvalue weighted by Gasteiger charge is 2.23. The number of carbonyl (C=O) groups is 1. The molecule has 1 aromatic heterocycles. The van der Waals surface area contributed by atoms with E-state index >= 15 is 0 Å². The molecular formula is C15H26N4O2. The predicted octanol–water partition coefficient (Wildman–Crippen LogP) is 1.51. The molecule has 1 heterocycles. The third-order valence-electron chi connectivity index (χ3n) is 3.21. The van der Waals surface area contributed by atoms with Gasteiger partial charge in [-0.2, -0.15) is 0 Å². The fourth-order valence-electron chi connectivity index (χ4n) is 1.98. The number of rotatable bonds is 5. The molecule has 0 spiro atoms. The molecule has 0 aromatic carbocycles. The number of hydrazine groups is 1. The second-order valence-electron chi connectivity index (χ2n) is 6.34. The van der Waals surface area contributed by atoms with Gasteiger partial charge in [0, 0.05) is 29.3 Å². The first kappa shape index (κ1) is 17.4. The number of carbonyl (C=O) groups excluding carboxylic acids is 1. The highest BCUT2D eigenvalue weighted by atomic mass is 16.3. The van der Waals surface area contributed by atoms with Crippen LogP contribution in [-0.4, -0.2) is 40.1 Å². The number of nitrogens with two attached hydrogens (primary N) is 1. The van der Waals surface area contributed by atoms with Crippen molar-refractivity contribution in [3.8, 4) is 0 Å². The van der Waals surface area contributed by atoms with Gasteiger partial charge in [-0.3, -0.25) is 4.79 Å². The van der Waals surface area contributed by atoms with Crippen molar-refractivity contribution in [1.82, 2.24) is 9.88 Å². The van der Waals surface area contributed by atoms with Gasteiger partial charge in [0.05, 0.1) is 6.61 Å². The van der Waals surface area contributed by atoms with Gasteiger partial charge in [0.25, 0.3) is 5.91 Å². The Bertz CT molecular complexity index is 495. The van der Waals surface area contributed by atoms with E-state index in [1.807, 2.05) is 34.6 Å². The molecule has 0 saturated heterocycles. The lowest BCUT2D eigenvalue weighted by Crippen LogP contribution is -2.39. The summed E-state index contributed by atoms with van der Waals surface area (Å²) >= 11 is 0. The number of nitrogens with one attached hydrogen (secondary N) is 1. The zero-order chi connectivity index (χ0) is 16.2. The lowest BCUT2D eigenvalue weighted by molar-refractivity contribution is 0.0665. The van der Waals surface area contributed by atoms with Crippen LogP contribution in [0.2, 0.25) is 0 Å². The highest BCUT2D eigenvalue weighted by molar-refractivity contribution is 5.95. The minimum absolute atomic E-state index is 0.00480. The Hall–Kier alpha value is -1.66. The summed E-state index contributed by atoms with van der Waals surface area (Å²) in [5, 5.41) is 9.13. The van der Waals surface area contributed by atoms with Crippen molar-refractivity contribution in [3.05, 3.63) is 23.4 Å². The van der Waals surface area contributed by atoms with Gasteiger partial charge < -0.3 is 15.4 Å². The van der Waals surface area contributed by atoms with Gasteiger partial charge in [0.1, 0.15) is 5.82 Å². The van der Waals surface area contributed by atoms with E-state index in [1.54, 1.807) is 17.0 Å². The van der Waals surface area contributed by atoms with E-state index in [4.69, 9.17) is 10.9 Å². The van der Waals surface area contributed by atoms with E-state index < -0.39 is 0 Å². The van der Waals surface area contributed by atoms with Crippen molar-refractivity contribution in [2.75, 3.05) is 18.6 Å². The van der Waals surface area contributed by atoms with Gasteiger partial charge in [-0.1, -0.05) is 20.8 Å². The summed E-state index contributed by atoms with van der Waals surface area (Å²) in [6, 6.07) is 3.42. The topological polar surface area (TPSA) is 91.5 Å². The van der Waals surface area contributed by atoms with Crippen molar-refractivity contribution in [3.63, 3.8) is 0 Å². The molecule has 0 bridgehead atoms. The van der Waals surface area contributed by atoms with Gasteiger partial charge in [0.2, 0.25) is 0 Å². The quantitative estimate of drug-likeness (QED) is 0.565. The van der Waals surface area contributed by atoms with Crippen LogP contribution in [-0.2, 0) is 5.41 Å². The standard InChI is InChI=1S/C15H26N4O2/c1-10(2)19(6-7-20)14(21)11-8-12(15(3,4)5)17-13(9-11)18-16/h8-10,20H,6-7,16H2,1-5H3,(H,17,18). The first-order valence-corrected chi connectivity index (χ1v) is 7.11. The average Bonchev–Trinajstić information content (AvgIpc) is 2.42. The molecule has 0 aliphatic carbocycles. The fourth-order valence-corrected chi connectivity index (χ4v) is 1.98. The van der Waals surface area contributed by atoms with Crippen LogP contribution < -0.4 is 11.3 Å². The van der Waals surface area contributed by atoms with Crippen LogP contribution in [0.1, 0.15) is 50.7 Å². The van der Waals surface area contributed by atoms with Crippen molar-refractivity contribution < 1.29 is 9.90 Å². The molecular weight excluding hydrogens is 268 g/mol. The number of hydrogen-bond donors (Lipinski definition) is 3. The van der Waals surface area contributed by atoms with Crippen LogP contribution in [0.25, 0.3) is 0 Å². The number of nitrogens with zero attached hydrogens (tertiary/aromatic N) is 2. The van der Waals surface area contributed by atoms with Gasteiger partial charge in [-0.25, -0.2) is 10.8 Å². The molecule has 6 nitrogen and oxygen atoms in total. The maximum Gasteiger partial charge on any atom is 0.254 e. The average molecular weight is 294 g/mol. The lowest BCUT2D eigenvalue weighted by atomic mass is 9.90. The van der Waals surface area contributed by atoms with Crippen molar-refractivity contribution in [1.29, 1.82) is 0 Å². The van der Waals surface area contributed by atoms with E-state index in [0.29, 0.717) is 17.9 Å². The third-order valence-corrected chi connectivity index (χ3v) is 3.21. The number of anilines is 1.